The van der Waals surface area contributed by atoms with Gasteiger partial charge < -0.3 is 5.11 Å². The van der Waals surface area contributed by atoms with E-state index in [1.807, 2.05) is 18.2 Å². The Kier molecular flexibility index (Phi) is 5.86. The lowest BCUT2D eigenvalue weighted by atomic mass is 9.94. The van der Waals surface area contributed by atoms with Gasteiger partial charge in [0.2, 0.25) is 0 Å². The average Bonchev–Trinajstić information content (AvgIpc) is 2.55. The molecule has 0 spiro atoms. The van der Waals surface area contributed by atoms with E-state index in [0.717, 1.165) is 18.4 Å². The molecular weight excluding hydrogens is 268 g/mol. The van der Waals surface area contributed by atoms with Crippen LogP contribution in [0.3, 0.4) is 0 Å². The number of phenolic OH excluding ortho intramolecular Hbond substituents is 1. The fourth-order valence-electron chi connectivity index (χ4n) is 2.49. The molecule has 0 aliphatic rings. The summed E-state index contributed by atoms with van der Waals surface area (Å²) < 4.78 is 0. The van der Waals surface area contributed by atoms with Gasteiger partial charge in [-0.05, 0) is 43.0 Å². The first kappa shape index (κ1) is 15.9. The minimum absolute atomic E-state index is 0.266. The van der Waals surface area contributed by atoms with E-state index < -0.39 is 0 Å². The Hall–Kier alpha value is -2.46. The van der Waals surface area contributed by atoms with Crippen LogP contribution >= 0.6 is 0 Å². The minimum Gasteiger partial charge on any atom is -0.507 e. The summed E-state index contributed by atoms with van der Waals surface area (Å²) >= 11 is 0. The van der Waals surface area contributed by atoms with E-state index in [0.29, 0.717) is 11.5 Å². The van der Waals surface area contributed by atoms with Crippen LogP contribution in [0.1, 0.15) is 42.9 Å². The highest BCUT2D eigenvalue weighted by atomic mass is 16.3. The molecule has 0 fully saturated rings. The van der Waals surface area contributed by atoms with Crippen molar-refractivity contribution in [2.24, 2.45) is 0 Å². The van der Waals surface area contributed by atoms with Gasteiger partial charge in [0.25, 0.3) is 0 Å². The number of rotatable bonds is 5. The zero-order chi connectivity index (χ0) is 15.8. The fourth-order valence-corrected chi connectivity index (χ4v) is 2.49. The van der Waals surface area contributed by atoms with Crippen LogP contribution in [0.5, 0.6) is 5.75 Å². The quantitative estimate of drug-likeness (QED) is 0.603. The van der Waals surface area contributed by atoms with E-state index in [1.165, 1.54) is 5.56 Å². The Balaban J connectivity index is 2.10. The lowest BCUT2D eigenvalue weighted by Gasteiger charge is -2.12. The highest BCUT2D eigenvalue weighted by Gasteiger charge is 2.08. The number of hydrogen-bond acceptors (Lipinski definition) is 1. The molecule has 1 unspecified atom stereocenters. The molecule has 0 saturated carbocycles. The van der Waals surface area contributed by atoms with Crippen molar-refractivity contribution >= 4 is 0 Å². The zero-order valence-corrected chi connectivity index (χ0v) is 13.2. The third-order valence-corrected chi connectivity index (χ3v) is 3.71. The van der Waals surface area contributed by atoms with Gasteiger partial charge >= 0.3 is 0 Å². The number of benzene rings is 2. The molecular formula is C21H22O. The van der Waals surface area contributed by atoms with E-state index in [4.69, 9.17) is 0 Å². The third kappa shape index (κ3) is 4.27. The predicted octanol–water partition coefficient (Wildman–Crippen LogP) is 5.06. The Morgan fingerprint density at radius 1 is 1.14 bits per heavy atom. The summed E-state index contributed by atoms with van der Waals surface area (Å²) in [5, 5.41) is 10.0. The van der Waals surface area contributed by atoms with Gasteiger partial charge in [0.05, 0.1) is 5.56 Å². The number of phenols is 1. The Bertz CT molecular complexity index is 687. The first-order chi connectivity index (χ1) is 10.7. The molecule has 0 radical (unpaired) electrons. The molecule has 1 N–H and O–H groups in total. The molecule has 0 amide bonds. The molecule has 2 rings (SSSR count). The molecule has 0 saturated heterocycles. The van der Waals surface area contributed by atoms with Gasteiger partial charge in [-0.3, -0.25) is 0 Å². The second-order valence-electron chi connectivity index (χ2n) is 5.28. The Labute approximate surface area is 133 Å². The molecule has 0 heterocycles. The summed E-state index contributed by atoms with van der Waals surface area (Å²) in [5.41, 5.74) is 3.13. The van der Waals surface area contributed by atoms with Crippen molar-refractivity contribution in [3.05, 3.63) is 77.4 Å². The van der Waals surface area contributed by atoms with Crippen molar-refractivity contribution in [2.45, 2.75) is 32.6 Å². The highest BCUT2D eigenvalue weighted by molar-refractivity contribution is 5.48. The molecule has 1 heteroatoms. The summed E-state index contributed by atoms with van der Waals surface area (Å²) in [5.74, 6) is 6.31. The molecule has 1 atom stereocenters. The van der Waals surface area contributed by atoms with E-state index >= 15 is 0 Å². The van der Waals surface area contributed by atoms with Crippen molar-refractivity contribution in [1.29, 1.82) is 0 Å². The van der Waals surface area contributed by atoms with Gasteiger partial charge in [0.1, 0.15) is 5.75 Å². The van der Waals surface area contributed by atoms with Crippen LogP contribution < -0.4 is 0 Å². The van der Waals surface area contributed by atoms with Crippen LogP contribution in [-0.4, -0.2) is 5.11 Å². The van der Waals surface area contributed by atoms with Crippen LogP contribution in [-0.2, 0) is 6.42 Å². The largest absolute Gasteiger partial charge is 0.507 e. The van der Waals surface area contributed by atoms with Crippen molar-refractivity contribution in [1.82, 2.24) is 0 Å². The van der Waals surface area contributed by atoms with Crippen LogP contribution in [0.15, 0.2) is 60.7 Å². The first-order valence-corrected chi connectivity index (χ1v) is 7.70. The maximum absolute atomic E-state index is 10.0. The average molecular weight is 290 g/mol. The Morgan fingerprint density at radius 3 is 2.55 bits per heavy atom. The van der Waals surface area contributed by atoms with Crippen LogP contribution in [0, 0.1) is 11.8 Å². The van der Waals surface area contributed by atoms with Gasteiger partial charge in [0.15, 0.2) is 0 Å². The smallest absolute Gasteiger partial charge is 0.131 e. The van der Waals surface area contributed by atoms with Crippen molar-refractivity contribution in [3.63, 3.8) is 0 Å². The van der Waals surface area contributed by atoms with Crippen LogP contribution in [0.25, 0.3) is 0 Å². The topological polar surface area (TPSA) is 20.2 Å². The van der Waals surface area contributed by atoms with E-state index in [2.05, 4.69) is 61.2 Å². The first-order valence-electron chi connectivity index (χ1n) is 7.70. The number of allylic oxidation sites excluding steroid dienone is 2. The number of aromatic hydroxyl groups is 1. The summed E-state index contributed by atoms with van der Waals surface area (Å²) in [6, 6.07) is 16.2. The minimum atomic E-state index is 0.266. The lowest BCUT2D eigenvalue weighted by molar-refractivity contribution is 0.472. The van der Waals surface area contributed by atoms with E-state index in [1.54, 1.807) is 6.92 Å². The monoisotopic (exact) mass is 290 g/mol. The molecule has 0 aromatic heterocycles. The van der Waals surface area contributed by atoms with Gasteiger partial charge in [0, 0.05) is 5.92 Å². The van der Waals surface area contributed by atoms with Crippen molar-refractivity contribution in [3.8, 4) is 17.6 Å². The van der Waals surface area contributed by atoms with Gasteiger partial charge in [-0.2, -0.15) is 0 Å². The van der Waals surface area contributed by atoms with Gasteiger partial charge in [-0.15, -0.1) is 5.92 Å². The molecule has 2 aromatic carbocycles. The lowest BCUT2D eigenvalue weighted by Crippen LogP contribution is -1.94. The predicted molar refractivity (Wildman–Crippen MR) is 93.0 cm³/mol. The summed E-state index contributed by atoms with van der Waals surface area (Å²) in [7, 11) is 0. The maximum Gasteiger partial charge on any atom is 0.131 e. The van der Waals surface area contributed by atoms with Gasteiger partial charge in [-0.25, -0.2) is 0 Å². The van der Waals surface area contributed by atoms with Crippen molar-refractivity contribution < 1.29 is 5.11 Å². The molecule has 0 bridgehead atoms. The molecule has 112 valence electrons. The summed E-state index contributed by atoms with van der Waals surface area (Å²) in [6.45, 7) is 3.93. The normalized spacial score (nSPS) is 11.9. The van der Waals surface area contributed by atoms with E-state index in [-0.39, 0.29) is 5.75 Å². The molecule has 0 aliphatic carbocycles. The van der Waals surface area contributed by atoms with Crippen LogP contribution in [0.2, 0.25) is 0 Å². The summed E-state index contributed by atoms with van der Waals surface area (Å²) in [6.07, 6.45) is 6.37. The Morgan fingerprint density at radius 2 is 1.91 bits per heavy atom. The second-order valence-corrected chi connectivity index (χ2v) is 5.28. The highest BCUT2D eigenvalue weighted by Crippen LogP contribution is 2.26. The maximum atomic E-state index is 10.0. The molecule has 0 aliphatic heterocycles. The SMILES string of the molecule is CC#Cc1ccc(C(C=CCc2ccccc2)CC)cc1O. The fraction of sp³-hybridized carbons (Fsp3) is 0.238. The zero-order valence-electron chi connectivity index (χ0n) is 13.2. The molecule has 22 heavy (non-hydrogen) atoms. The molecule has 1 nitrogen and oxygen atoms in total. The number of hydrogen-bond donors (Lipinski definition) is 1. The summed E-state index contributed by atoms with van der Waals surface area (Å²) in [4.78, 5) is 0. The standard InChI is InChI=1S/C21H22O/c1-3-9-19-14-15-20(16-21(19)22)18(4-2)13-8-12-17-10-6-5-7-11-17/h5-8,10-11,13-16,18,22H,4,12H2,1-2H3. The second kappa shape index (κ2) is 8.10. The van der Waals surface area contributed by atoms with E-state index in [9.17, 15) is 5.11 Å². The molecule has 2 aromatic rings. The third-order valence-electron chi connectivity index (χ3n) is 3.71. The van der Waals surface area contributed by atoms with Crippen molar-refractivity contribution in [2.75, 3.05) is 0 Å². The van der Waals surface area contributed by atoms with Gasteiger partial charge in [-0.1, -0.05) is 61.4 Å². The van der Waals surface area contributed by atoms with Crippen LogP contribution in [0.4, 0.5) is 0 Å².